The smallest absolute Gasteiger partial charge is 0.126 e. The Labute approximate surface area is 126 Å². The average molecular weight is 284 g/mol. The molecule has 3 nitrogen and oxygen atoms in total. The molecule has 0 amide bonds. The van der Waals surface area contributed by atoms with Crippen molar-refractivity contribution in [2.24, 2.45) is 5.92 Å². The van der Waals surface area contributed by atoms with Crippen molar-refractivity contribution in [3.63, 3.8) is 0 Å². The molecule has 1 fully saturated rings. The van der Waals surface area contributed by atoms with Crippen molar-refractivity contribution >= 4 is 16.7 Å². The first-order valence-corrected chi connectivity index (χ1v) is 8.00. The molecule has 1 aliphatic rings. The number of benzene rings is 1. The summed E-state index contributed by atoms with van der Waals surface area (Å²) in [5.41, 5.74) is 0.420. The maximum Gasteiger partial charge on any atom is 0.126 e. The number of para-hydroxylation sites is 1. The number of pyridine rings is 1. The number of nitrogens with zero attached hydrogens (tertiary/aromatic N) is 1. The van der Waals surface area contributed by atoms with Crippen molar-refractivity contribution in [3.8, 4) is 0 Å². The van der Waals surface area contributed by atoms with Crippen LogP contribution >= 0.6 is 0 Å². The van der Waals surface area contributed by atoms with E-state index in [1.165, 1.54) is 6.42 Å². The van der Waals surface area contributed by atoms with Gasteiger partial charge in [-0.3, -0.25) is 0 Å². The van der Waals surface area contributed by atoms with E-state index in [9.17, 15) is 5.11 Å². The second-order valence-electron chi connectivity index (χ2n) is 6.32. The SMILES string of the molecule is CCC1CCC(O)(CNc2ccc3ccccc3n2)CC1. The highest BCUT2D eigenvalue weighted by atomic mass is 16.3. The van der Waals surface area contributed by atoms with Crippen LogP contribution < -0.4 is 5.32 Å². The molecule has 0 saturated heterocycles. The van der Waals surface area contributed by atoms with Gasteiger partial charge in [-0.2, -0.15) is 0 Å². The third-order valence-corrected chi connectivity index (χ3v) is 4.81. The molecule has 0 spiro atoms. The van der Waals surface area contributed by atoms with Crippen LogP contribution in [0.1, 0.15) is 39.0 Å². The van der Waals surface area contributed by atoms with E-state index in [2.05, 4.69) is 29.4 Å². The first kappa shape index (κ1) is 14.3. The Morgan fingerprint density at radius 3 is 2.71 bits per heavy atom. The van der Waals surface area contributed by atoms with Crippen molar-refractivity contribution in [3.05, 3.63) is 36.4 Å². The molecule has 3 heteroatoms. The Morgan fingerprint density at radius 1 is 1.19 bits per heavy atom. The van der Waals surface area contributed by atoms with E-state index in [-0.39, 0.29) is 0 Å². The van der Waals surface area contributed by atoms with Crippen LogP contribution in [-0.4, -0.2) is 22.2 Å². The molecule has 3 rings (SSSR count). The van der Waals surface area contributed by atoms with Gasteiger partial charge in [0.05, 0.1) is 11.1 Å². The second kappa shape index (κ2) is 6.02. The van der Waals surface area contributed by atoms with Crippen molar-refractivity contribution in [2.75, 3.05) is 11.9 Å². The summed E-state index contributed by atoms with van der Waals surface area (Å²) in [6.07, 6.45) is 5.30. The molecule has 1 aromatic carbocycles. The monoisotopic (exact) mass is 284 g/mol. The molecule has 2 aromatic rings. The molecule has 0 atom stereocenters. The third-order valence-electron chi connectivity index (χ3n) is 4.81. The van der Waals surface area contributed by atoms with Gasteiger partial charge >= 0.3 is 0 Å². The predicted octanol–water partition coefficient (Wildman–Crippen LogP) is 3.98. The number of nitrogens with one attached hydrogen (secondary N) is 1. The zero-order chi connectivity index (χ0) is 14.7. The molecule has 1 saturated carbocycles. The number of aromatic nitrogens is 1. The third kappa shape index (κ3) is 3.35. The van der Waals surface area contributed by atoms with E-state index >= 15 is 0 Å². The number of anilines is 1. The maximum absolute atomic E-state index is 10.7. The maximum atomic E-state index is 10.7. The van der Waals surface area contributed by atoms with Gasteiger partial charge in [0.2, 0.25) is 0 Å². The number of aliphatic hydroxyl groups is 1. The molecule has 0 aliphatic heterocycles. The number of hydrogen-bond donors (Lipinski definition) is 2. The van der Waals surface area contributed by atoms with Crippen molar-refractivity contribution in [2.45, 2.75) is 44.6 Å². The molecular weight excluding hydrogens is 260 g/mol. The topological polar surface area (TPSA) is 45.1 Å². The van der Waals surface area contributed by atoms with Gasteiger partial charge in [-0.1, -0.05) is 31.5 Å². The molecule has 0 bridgehead atoms. The van der Waals surface area contributed by atoms with Crippen LogP contribution in [0.2, 0.25) is 0 Å². The van der Waals surface area contributed by atoms with Gasteiger partial charge in [0.15, 0.2) is 0 Å². The summed E-state index contributed by atoms with van der Waals surface area (Å²) in [4.78, 5) is 4.60. The lowest BCUT2D eigenvalue weighted by Crippen LogP contribution is -2.40. The zero-order valence-corrected chi connectivity index (χ0v) is 12.7. The van der Waals surface area contributed by atoms with Gasteiger partial charge in [0.25, 0.3) is 0 Å². The lowest BCUT2D eigenvalue weighted by atomic mass is 9.78. The summed E-state index contributed by atoms with van der Waals surface area (Å²) in [7, 11) is 0. The molecule has 1 aliphatic carbocycles. The van der Waals surface area contributed by atoms with E-state index in [1.54, 1.807) is 0 Å². The van der Waals surface area contributed by atoms with Crippen LogP contribution in [0.15, 0.2) is 36.4 Å². The highest BCUT2D eigenvalue weighted by Gasteiger charge is 2.32. The highest BCUT2D eigenvalue weighted by Crippen LogP contribution is 2.33. The first-order valence-electron chi connectivity index (χ1n) is 8.00. The number of fused-ring (bicyclic) bond motifs is 1. The molecule has 0 unspecified atom stereocenters. The summed E-state index contributed by atoms with van der Waals surface area (Å²) in [6, 6.07) is 12.2. The van der Waals surface area contributed by atoms with Gasteiger partial charge in [-0.15, -0.1) is 0 Å². The van der Waals surface area contributed by atoms with Crippen LogP contribution in [-0.2, 0) is 0 Å². The standard InChI is InChI=1S/C18H24N2O/c1-2-14-9-11-18(21,12-10-14)13-19-17-8-7-15-5-3-4-6-16(15)20-17/h3-8,14,21H,2,9-13H2,1H3,(H,19,20). The van der Waals surface area contributed by atoms with Crippen LogP contribution in [0.4, 0.5) is 5.82 Å². The van der Waals surface area contributed by atoms with E-state index in [0.29, 0.717) is 6.54 Å². The fourth-order valence-corrected chi connectivity index (χ4v) is 3.22. The summed E-state index contributed by atoms with van der Waals surface area (Å²) in [5, 5.41) is 15.1. The Hall–Kier alpha value is -1.61. The van der Waals surface area contributed by atoms with Crippen LogP contribution in [0.25, 0.3) is 10.9 Å². The van der Waals surface area contributed by atoms with E-state index in [0.717, 1.165) is 48.3 Å². The van der Waals surface area contributed by atoms with Gasteiger partial charge in [-0.25, -0.2) is 4.98 Å². The molecule has 112 valence electrons. The highest BCUT2D eigenvalue weighted by molar-refractivity contribution is 5.80. The summed E-state index contributed by atoms with van der Waals surface area (Å²) in [5.74, 6) is 1.64. The molecule has 2 N–H and O–H groups in total. The van der Waals surface area contributed by atoms with E-state index in [4.69, 9.17) is 0 Å². The first-order chi connectivity index (χ1) is 10.2. The second-order valence-corrected chi connectivity index (χ2v) is 6.32. The number of hydrogen-bond acceptors (Lipinski definition) is 3. The fourth-order valence-electron chi connectivity index (χ4n) is 3.22. The van der Waals surface area contributed by atoms with Crippen LogP contribution in [0, 0.1) is 5.92 Å². The summed E-state index contributed by atoms with van der Waals surface area (Å²) < 4.78 is 0. The Morgan fingerprint density at radius 2 is 1.95 bits per heavy atom. The van der Waals surface area contributed by atoms with Crippen molar-refractivity contribution in [1.29, 1.82) is 0 Å². The Bertz CT molecular complexity index is 603. The lowest BCUT2D eigenvalue weighted by molar-refractivity contribution is 0.00223. The molecule has 0 radical (unpaired) electrons. The minimum Gasteiger partial charge on any atom is -0.388 e. The molecule has 1 heterocycles. The minimum absolute atomic E-state index is 0.570. The number of rotatable bonds is 4. The van der Waals surface area contributed by atoms with Gasteiger partial charge in [-0.05, 0) is 49.8 Å². The predicted molar refractivity (Wildman–Crippen MR) is 87.4 cm³/mol. The lowest BCUT2D eigenvalue weighted by Gasteiger charge is -2.36. The molecular formula is C18H24N2O. The Balaban J connectivity index is 1.63. The minimum atomic E-state index is -0.570. The largest absolute Gasteiger partial charge is 0.388 e. The van der Waals surface area contributed by atoms with E-state index in [1.807, 2.05) is 24.3 Å². The normalized spacial score (nSPS) is 25.9. The van der Waals surface area contributed by atoms with Gasteiger partial charge < -0.3 is 10.4 Å². The molecule has 1 aromatic heterocycles. The quantitative estimate of drug-likeness (QED) is 0.892. The van der Waals surface area contributed by atoms with Crippen LogP contribution in [0.5, 0.6) is 0 Å². The van der Waals surface area contributed by atoms with Gasteiger partial charge in [0.1, 0.15) is 5.82 Å². The van der Waals surface area contributed by atoms with Crippen LogP contribution in [0.3, 0.4) is 0 Å². The average Bonchev–Trinajstić information content (AvgIpc) is 2.54. The Kier molecular flexibility index (Phi) is 4.11. The van der Waals surface area contributed by atoms with Gasteiger partial charge in [0, 0.05) is 11.9 Å². The molecule has 21 heavy (non-hydrogen) atoms. The summed E-state index contributed by atoms with van der Waals surface area (Å²) in [6.45, 7) is 2.83. The zero-order valence-electron chi connectivity index (χ0n) is 12.7. The van der Waals surface area contributed by atoms with Crippen molar-refractivity contribution < 1.29 is 5.11 Å². The van der Waals surface area contributed by atoms with Crippen molar-refractivity contribution in [1.82, 2.24) is 4.98 Å². The summed E-state index contributed by atoms with van der Waals surface area (Å²) >= 11 is 0. The van der Waals surface area contributed by atoms with E-state index < -0.39 is 5.60 Å². The fraction of sp³-hybridized carbons (Fsp3) is 0.500.